The zero-order valence-corrected chi connectivity index (χ0v) is 15.9. The van der Waals surface area contributed by atoms with Gasteiger partial charge in [0.05, 0.1) is 11.3 Å². The first kappa shape index (κ1) is 18.3. The van der Waals surface area contributed by atoms with E-state index in [9.17, 15) is 9.59 Å². The summed E-state index contributed by atoms with van der Waals surface area (Å²) in [5, 5.41) is 6.54. The van der Waals surface area contributed by atoms with Crippen molar-refractivity contribution >= 4 is 28.8 Å². The van der Waals surface area contributed by atoms with Crippen LogP contribution in [0, 0.1) is 0 Å². The maximum Gasteiger partial charge on any atom is 0.258 e. The summed E-state index contributed by atoms with van der Waals surface area (Å²) in [6, 6.07) is 15.2. The van der Waals surface area contributed by atoms with Gasteiger partial charge in [-0.15, -0.1) is 0 Å². The normalized spacial score (nSPS) is 19.1. The van der Waals surface area contributed by atoms with Gasteiger partial charge in [-0.05, 0) is 56.7 Å². The Labute approximate surface area is 164 Å². The van der Waals surface area contributed by atoms with E-state index in [2.05, 4.69) is 22.6 Å². The third-order valence-electron chi connectivity index (χ3n) is 5.43. The van der Waals surface area contributed by atoms with E-state index in [1.807, 2.05) is 30.3 Å². The Balaban J connectivity index is 1.81. The number of amides is 2. The van der Waals surface area contributed by atoms with Gasteiger partial charge in [0.1, 0.15) is 0 Å². The minimum absolute atomic E-state index is 0.170. The van der Waals surface area contributed by atoms with Crippen LogP contribution < -0.4 is 16.4 Å². The lowest BCUT2D eigenvalue weighted by Gasteiger charge is -2.31. The average molecular weight is 376 g/mol. The van der Waals surface area contributed by atoms with Crippen molar-refractivity contribution in [2.24, 2.45) is 5.73 Å². The third kappa shape index (κ3) is 3.51. The molecule has 4 rings (SSSR count). The SMILES string of the molecule is CN1CCC(NC(=C2C(=O)Nc3ccc(C(N)=O)cc32)c2ccccc2)CC1. The number of piperidine rings is 1. The molecule has 0 saturated carbocycles. The lowest BCUT2D eigenvalue weighted by Crippen LogP contribution is -2.40. The van der Waals surface area contributed by atoms with Crippen molar-refractivity contribution in [3.05, 3.63) is 65.2 Å². The first-order chi connectivity index (χ1) is 13.5. The van der Waals surface area contributed by atoms with Crippen molar-refractivity contribution in [1.29, 1.82) is 0 Å². The summed E-state index contributed by atoms with van der Waals surface area (Å²) in [5.41, 5.74) is 9.56. The highest BCUT2D eigenvalue weighted by Crippen LogP contribution is 2.37. The molecule has 0 aliphatic carbocycles. The molecule has 0 aromatic heterocycles. The summed E-state index contributed by atoms with van der Waals surface area (Å²) >= 11 is 0. The van der Waals surface area contributed by atoms with Crippen LogP contribution in [0.25, 0.3) is 11.3 Å². The molecule has 1 fully saturated rings. The molecule has 1 saturated heterocycles. The molecule has 2 aromatic rings. The number of likely N-dealkylation sites (tertiary alicyclic amines) is 1. The van der Waals surface area contributed by atoms with Crippen molar-refractivity contribution in [2.75, 3.05) is 25.5 Å². The van der Waals surface area contributed by atoms with Crippen LogP contribution in [-0.4, -0.2) is 42.9 Å². The molecule has 0 radical (unpaired) electrons. The van der Waals surface area contributed by atoms with Gasteiger partial charge >= 0.3 is 0 Å². The van der Waals surface area contributed by atoms with Gasteiger partial charge in [0.25, 0.3) is 5.91 Å². The molecule has 2 heterocycles. The van der Waals surface area contributed by atoms with Crippen LogP contribution >= 0.6 is 0 Å². The van der Waals surface area contributed by atoms with Gasteiger partial charge in [-0.1, -0.05) is 30.3 Å². The van der Waals surface area contributed by atoms with E-state index >= 15 is 0 Å². The number of primary amides is 1. The number of carbonyl (C=O) groups is 2. The van der Waals surface area contributed by atoms with Crippen molar-refractivity contribution in [1.82, 2.24) is 10.2 Å². The Hall–Kier alpha value is -3.12. The summed E-state index contributed by atoms with van der Waals surface area (Å²) < 4.78 is 0. The number of benzene rings is 2. The number of rotatable bonds is 4. The van der Waals surface area contributed by atoms with E-state index < -0.39 is 5.91 Å². The molecule has 2 amide bonds. The van der Waals surface area contributed by atoms with Crippen molar-refractivity contribution in [3.63, 3.8) is 0 Å². The number of fused-ring (bicyclic) bond motifs is 1. The van der Waals surface area contributed by atoms with E-state index in [1.165, 1.54) is 0 Å². The van der Waals surface area contributed by atoms with Crippen LogP contribution in [-0.2, 0) is 4.79 Å². The molecule has 0 bridgehead atoms. The standard InChI is InChI=1S/C22H24N4O2/c1-26-11-9-16(10-12-26)24-20(14-5-3-2-4-6-14)19-17-13-15(21(23)27)7-8-18(17)25-22(19)28/h2-8,13,16,24H,9-12H2,1H3,(H2,23,27)(H,25,28). The second-order valence-corrected chi connectivity index (χ2v) is 7.42. The predicted octanol–water partition coefficient (Wildman–Crippen LogP) is 2.29. The Morgan fingerprint density at radius 3 is 2.50 bits per heavy atom. The van der Waals surface area contributed by atoms with Crippen LogP contribution in [0.2, 0.25) is 0 Å². The molecule has 28 heavy (non-hydrogen) atoms. The number of nitrogens with zero attached hydrogens (tertiary/aromatic N) is 1. The highest BCUT2D eigenvalue weighted by atomic mass is 16.2. The molecule has 0 atom stereocenters. The summed E-state index contributed by atoms with van der Waals surface area (Å²) in [7, 11) is 2.12. The van der Waals surface area contributed by atoms with Crippen molar-refractivity contribution in [3.8, 4) is 0 Å². The number of nitrogens with two attached hydrogens (primary N) is 1. The average Bonchev–Trinajstić information content (AvgIpc) is 3.03. The minimum atomic E-state index is -0.508. The zero-order valence-electron chi connectivity index (χ0n) is 15.9. The highest BCUT2D eigenvalue weighted by Gasteiger charge is 2.30. The zero-order chi connectivity index (χ0) is 19.7. The molecule has 144 valence electrons. The molecular formula is C22H24N4O2. The monoisotopic (exact) mass is 376 g/mol. The van der Waals surface area contributed by atoms with E-state index in [0.29, 0.717) is 22.4 Å². The summed E-state index contributed by atoms with van der Waals surface area (Å²) in [4.78, 5) is 26.9. The molecule has 6 nitrogen and oxygen atoms in total. The molecule has 0 unspecified atom stereocenters. The molecule has 4 N–H and O–H groups in total. The fourth-order valence-electron chi connectivity index (χ4n) is 3.83. The number of anilines is 1. The Morgan fingerprint density at radius 1 is 1.11 bits per heavy atom. The topological polar surface area (TPSA) is 87.5 Å². The fourth-order valence-corrected chi connectivity index (χ4v) is 3.83. The highest BCUT2D eigenvalue weighted by molar-refractivity contribution is 6.36. The van der Waals surface area contributed by atoms with Gasteiger partial charge in [0.2, 0.25) is 5.91 Å². The Morgan fingerprint density at radius 2 is 1.82 bits per heavy atom. The maximum absolute atomic E-state index is 12.9. The first-order valence-corrected chi connectivity index (χ1v) is 9.53. The van der Waals surface area contributed by atoms with Crippen molar-refractivity contribution in [2.45, 2.75) is 18.9 Å². The second kappa shape index (κ2) is 7.48. The summed E-state index contributed by atoms with van der Waals surface area (Å²) in [6.45, 7) is 2.04. The lowest BCUT2D eigenvalue weighted by atomic mass is 9.96. The van der Waals surface area contributed by atoms with E-state index in [4.69, 9.17) is 5.73 Å². The van der Waals surface area contributed by atoms with Gasteiger partial charge in [-0.2, -0.15) is 0 Å². The molecule has 6 heteroatoms. The Kier molecular flexibility index (Phi) is 4.88. The van der Waals surface area contributed by atoms with E-state index in [1.54, 1.807) is 18.2 Å². The number of carbonyl (C=O) groups excluding carboxylic acids is 2. The van der Waals surface area contributed by atoms with Crippen LogP contribution in [0.3, 0.4) is 0 Å². The van der Waals surface area contributed by atoms with Gasteiger partial charge in [-0.3, -0.25) is 9.59 Å². The smallest absolute Gasteiger partial charge is 0.258 e. The van der Waals surface area contributed by atoms with Crippen LogP contribution in [0.15, 0.2) is 48.5 Å². The summed E-state index contributed by atoms with van der Waals surface area (Å²) in [6.07, 6.45) is 2.02. The van der Waals surface area contributed by atoms with E-state index in [-0.39, 0.29) is 11.9 Å². The van der Waals surface area contributed by atoms with Crippen molar-refractivity contribution < 1.29 is 9.59 Å². The minimum Gasteiger partial charge on any atom is -0.381 e. The van der Waals surface area contributed by atoms with Gasteiger partial charge in [-0.25, -0.2) is 0 Å². The molecular weight excluding hydrogens is 352 g/mol. The van der Waals surface area contributed by atoms with E-state index in [0.717, 1.165) is 37.2 Å². The number of nitrogens with one attached hydrogen (secondary N) is 2. The van der Waals surface area contributed by atoms with Gasteiger partial charge in [0, 0.05) is 22.9 Å². The molecule has 0 spiro atoms. The predicted molar refractivity (Wildman–Crippen MR) is 111 cm³/mol. The van der Waals surface area contributed by atoms with Crippen LogP contribution in [0.1, 0.15) is 34.3 Å². The van der Waals surface area contributed by atoms with Gasteiger partial charge in [0.15, 0.2) is 0 Å². The Bertz CT molecular complexity index is 944. The third-order valence-corrected chi connectivity index (χ3v) is 5.43. The quantitative estimate of drug-likeness (QED) is 0.715. The first-order valence-electron chi connectivity index (χ1n) is 9.53. The largest absolute Gasteiger partial charge is 0.381 e. The molecule has 2 aliphatic heterocycles. The number of hydrogen-bond acceptors (Lipinski definition) is 4. The van der Waals surface area contributed by atoms with Crippen LogP contribution in [0.5, 0.6) is 0 Å². The fraction of sp³-hybridized carbons (Fsp3) is 0.273. The maximum atomic E-state index is 12.9. The van der Waals surface area contributed by atoms with Gasteiger partial charge < -0.3 is 21.3 Å². The van der Waals surface area contributed by atoms with Crippen LogP contribution in [0.4, 0.5) is 5.69 Å². The molecule has 2 aromatic carbocycles. The lowest BCUT2D eigenvalue weighted by molar-refractivity contribution is -0.110. The summed E-state index contributed by atoms with van der Waals surface area (Å²) in [5.74, 6) is -0.679. The molecule has 2 aliphatic rings. The second-order valence-electron chi connectivity index (χ2n) is 7.42. The number of hydrogen-bond donors (Lipinski definition) is 3.